The van der Waals surface area contributed by atoms with E-state index < -0.39 is 34.9 Å². The molecule has 0 radical (unpaired) electrons. The Balaban J connectivity index is 1.84. The lowest BCUT2D eigenvalue weighted by atomic mass is 9.62. The van der Waals surface area contributed by atoms with Crippen molar-refractivity contribution in [3.05, 3.63) is 45.9 Å². The maximum Gasteiger partial charge on any atom is 0.255 e. The normalized spacial score (nSPS) is 26.1. The number of fused-ring (bicyclic) bond motifs is 3. The first-order valence-electron chi connectivity index (χ1n) is 9.39. The van der Waals surface area contributed by atoms with Crippen molar-refractivity contribution < 1.29 is 29.7 Å². The summed E-state index contributed by atoms with van der Waals surface area (Å²) in [6.07, 6.45) is 0.855. The van der Waals surface area contributed by atoms with Gasteiger partial charge in [0, 0.05) is 26.1 Å². The number of hydrogen-bond donors (Lipinski definition) is 4. The molecule has 8 heteroatoms. The second kappa shape index (κ2) is 6.37. The smallest absolute Gasteiger partial charge is 0.255 e. The fourth-order valence-corrected chi connectivity index (χ4v) is 4.96. The molecule has 29 heavy (non-hydrogen) atoms. The van der Waals surface area contributed by atoms with Gasteiger partial charge < -0.3 is 26.0 Å². The first-order chi connectivity index (χ1) is 13.6. The fraction of sp³-hybridized carbons (Fsp3) is 0.381. The van der Waals surface area contributed by atoms with Gasteiger partial charge in [0.15, 0.2) is 11.6 Å². The van der Waals surface area contributed by atoms with Gasteiger partial charge in [-0.1, -0.05) is 6.07 Å². The van der Waals surface area contributed by atoms with Crippen molar-refractivity contribution in [1.29, 1.82) is 0 Å². The number of nitrogens with zero attached hydrogens (tertiary/aromatic N) is 1. The largest absolute Gasteiger partial charge is 0.511 e. The van der Waals surface area contributed by atoms with Crippen molar-refractivity contribution in [3.8, 4) is 5.75 Å². The van der Waals surface area contributed by atoms with Crippen LogP contribution < -0.4 is 10.6 Å². The van der Waals surface area contributed by atoms with Crippen molar-refractivity contribution in [3.63, 3.8) is 0 Å². The molecule has 1 amide bonds. The van der Waals surface area contributed by atoms with Gasteiger partial charge in [-0.15, -0.1) is 0 Å². The molecule has 0 aliphatic heterocycles. The van der Waals surface area contributed by atoms with Gasteiger partial charge in [-0.05, 0) is 36.3 Å². The molecule has 1 aromatic carbocycles. The maximum atomic E-state index is 13.3. The number of ketones is 2. The predicted molar refractivity (Wildman–Crippen MR) is 104 cm³/mol. The number of aliphatic hydroxyl groups is 2. The van der Waals surface area contributed by atoms with Crippen LogP contribution in [0.1, 0.15) is 28.8 Å². The van der Waals surface area contributed by atoms with Crippen molar-refractivity contribution in [2.75, 3.05) is 19.0 Å². The summed E-state index contributed by atoms with van der Waals surface area (Å²) in [5, 5.41) is 31.7. The number of benzene rings is 1. The Morgan fingerprint density at radius 2 is 1.83 bits per heavy atom. The number of aromatic hydroxyl groups is 1. The number of aliphatic hydroxyl groups excluding tert-OH is 2. The Labute approximate surface area is 166 Å². The van der Waals surface area contributed by atoms with Crippen LogP contribution >= 0.6 is 0 Å². The molecule has 3 aliphatic rings. The van der Waals surface area contributed by atoms with Gasteiger partial charge in [-0.2, -0.15) is 0 Å². The Morgan fingerprint density at radius 1 is 1.14 bits per heavy atom. The molecular formula is C21H22N2O6. The van der Waals surface area contributed by atoms with Gasteiger partial charge in [0.25, 0.3) is 5.91 Å². The molecule has 0 fully saturated rings. The van der Waals surface area contributed by atoms with Gasteiger partial charge in [0.05, 0.1) is 17.2 Å². The summed E-state index contributed by atoms with van der Waals surface area (Å²) in [5.74, 6) is -5.10. The summed E-state index contributed by atoms with van der Waals surface area (Å²) in [4.78, 5) is 39.3. The quantitative estimate of drug-likeness (QED) is 0.554. The summed E-state index contributed by atoms with van der Waals surface area (Å²) < 4.78 is 0. The zero-order valence-corrected chi connectivity index (χ0v) is 16.1. The van der Waals surface area contributed by atoms with Gasteiger partial charge in [0.1, 0.15) is 22.8 Å². The fourth-order valence-electron chi connectivity index (χ4n) is 4.96. The molecule has 0 heterocycles. The number of allylic oxidation sites excluding steroid dienone is 3. The SMILES string of the molecule is CN(C)c1ccc2c(c1O)C(=O)C1=C(O)C3C(=O)C(C(N)=O)=C(O)CC3CC1C2. The molecule has 0 spiro atoms. The van der Waals surface area contributed by atoms with E-state index in [1.54, 1.807) is 31.1 Å². The molecule has 3 atom stereocenters. The summed E-state index contributed by atoms with van der Waals surface area (Å²) in [5.41, 5.74) is 6.09. The minimum absolute atomic E-state index is 0.0361. The maximum absolute atomic E-state index is 13.3. The number of nitrogens with two attached hydrogens (primary N) is 1. The number of carbonyl (C=O) groups excluding carboxylic acids is 3. The standard InChI is InChI=1S/C21H22N2O6/c1-23(2)11-4-3-8-5-9-6-10-7-12(24)16(21(22)29)20(28)15(10)19(27)14(9)18(26)13(8)17(11)25/h3-4,9-10,15,24-25,27H,5-7H2,1-2H3,(H2,22,29). The summed E-state index contributed by atoms with van der Waals surface area (Å²) in [6, 6.07) is 3.52. The molecule has 0 saturated carbocycles. The zero-order valence-electron chi connectivity index (χ0n) is 16.1. The molecule has 0 bridgehead atoms. The molecule has 3 aliphatic carbocycles. The van der Waals surface area contributed by atoms with Crippen molar-refractivity contribution in [1.82, 2.24) is 0 Å². The first-order valence-corrected chi connectivity index (χ1v) is 9.39. The van der Waals surface area contributed by atoms with Crippen molar-refractivity contribution in [2.24, 2.45) is 23.5 Å². The molecule has 3 unspecified atom stereocenters. The van der Waals surface area contributed by atoms with E-state index >= 15 is 0 Å². The van der Waals surface area contributed by atoms with Gasteiger partial charge >= 0.3 is 0 Å². The van der Waals surface area contributed by atoms with E-state index in [0.29, 0.717) is 24.1 Å². The first kappa shape index (κ1) is 19.0. The van der Waals surface area contributed by atoms with Crippen LogP contribution in [0.4, 0.5) is 5.69 Å². The third-order valence-corrected chi connectivity index (χ3v) is 6.22. The monoisotopic (exact) mass is 398 g/mol. The molecule has 0 saturated heterocycles. The number of primary amides is 1. The Kier molecular flexibility index (Phi) is 4.18. The van der Waals surface area contributed by atoms with E-state index in [2.05, 4.69) is 0 Å². The Hall–Kier alpha value is -3.29. The number of hydrogen-bond acceptors (Lipinski definition) is 7. The number of amides is 1. The molecule has 152 valence electrons. The highest BCUT2D eigenvalue weighted by Crippen LogP contribution is 2.50. The van der Waals surface area contributed by atoms with E-state index in [1.807, 2.05) is 0 Å². The Bertz CT molecular complexity index is 1040. The summed E-state index contributed by atoms with van der Waals surface area (Å²) >= 11 is 0. The number of anilines is 1. The summed E-state index contributed by atoms with van der Waals surface area (Å²) in [6.45, 7) is 0. The highest BCUT2D eigenvalue weighted by atomic mass is 16.3. The van der Waals surface area contributed by atoms with Gasteiger partial charge in [-0.25, -0.2) is 0 Å². The second-order valence-corrected chi connectivity index (χ2v) is 8.12. The van der Waals surface area contributed by atoms with Crippen LogP contribution in [0.5, 0.6) is 5.75 Å². The van der Waals surface area contributed by atoms with Crippen LogP contribution in [0, 0.1) is 17.8 Å². The molecule has 1 aromatic rings. The number of Topliss-reactive ketones (excluding diaryl/α,β-unsaturated/α-hetero) is 2. The lowest BCUT2D eigenvalue weighted by Gasteiger charge is -2.40. The molecule has 8 nitrogen and oxygen atoms in total. The number of carbonyl (C=O) groups is 3. The average molecular weight is 398 g/mol. The number of phenolic OH excluding ortho intramolecular Hbond substituents is 1. The molecule has 5 N–H and O–H groups in total. The third kappa shape index (κ3) is 2.62. The summed E-state index contributed by atoms with van der Waals surface area (Å²) in [7, 11) is 3.48. The molecule has 0 aromatic heterocycles. The van der Waals surface area contributed by atoms with E-state index in [0.717, 1.165) is 0 Å². The highest BCUT2D eigenvalue weighted by molar-refractivity contribution is 6.22. The topological polar surface area (TPSA) is 141 Å². The average Bonchev–Trinajstić information content (AvgIpc) is 2.60. The van der Waals surface area contributed by atoms with E-state index in [4.69, 9.17) is 5.73 Å². The van der Waals surface area contributed by atoms with Crippen LogP contribution in [0.25, 0.3) is 0 Å². The van der Waals surface area contributed by atoms with Crippen LogP contribution in [-0.4, -0.2) is 46.9 Å². The van der Waals surface area contributed by atoms with Gasteiger partial charge in [-0.3, -0.25) is 14.4 Å². The van der Waals surface area contributed by atoms with Gasteiger partial charge in [0.2, 0.25) is 0 Å². The lowest BCUT2D eigenvalue weighted by Crippen LogP contribution is -2.43. The van der Waals surface area contributed by atoms with E-state index in [-0.39, 0.29) is 40.7 Å². The highest BCUT2D eigenvalue weighted by Gasteiger charge is 2.50. The lowest BCUT2D eigenvalue weighted by molar-refractivity contribution is -0.126. The Morgan fingerprint density at radius 3 is 2.45 bits per heavy atom. The van der Waals surface area contributed by atoms with Crippen LogP contribution in [0.3, 0.4) is 0 Å². The van der Waals surface area contributed by atoms with E-state index in [9.17, 15) is 29.7 Å². The van der Waals surface area contributed by atoms with Crippen LogP contribution in [0.15, 0.2) is 34.8 Å². The third-order valence-electron chi connectivity index (χ3n) is 6.22. The molecule has 4 rings (SSSR count). The van der Waals surface area contributed by atoms with E-state index in [1.165, 1.54) is 0 Å². The second-order valence-electron chi connectivity index (χ2n) is 8.12. The van der Waals surface area contributed by atoms with Crippen molar-refractivity contribution in [2.45, 2.75) is 19.3 Å². The minimum Gasteiger partial charge on any atom is -0.511 e. The number of rotatable bonds is 2. The van der Waals surface area contributed by atoms with Crippen LogP contribution in [-0.2, 0) is 16.0 Å². The molecular weight excluding hydrogens is 376 g/mol. The minimum atomic E-state index is -1.09. The predicted octanol–water partition coefficient (Wildman–Crippen LogP) is 1.53. The zero-order chi connectivity index (χ0) is 21.2. The van der Waals surface area contributed by atoms with Crippen LogP contribution in [0.2, 0.25) is 0 Å². The van der Waals surface area contributed by atoms with Crippen molar-refractivity contribution >= 4 is 23.2 Å². The number of phenols is 1.